The molecule has 0 radical (unpaired) electrons. The SMILES string of the molecule is Nc1ccc([C@H]2C[C@@H](O)C[C@@H](CO)O2)cc1Cc1ccc(C#CC2(O)CC2)cc1. The molecule has 1 saturated heterocycles. The summed E-state index contributed by atoms with van der Waals surface area (Å²) in [7, 11) is 0. The van der Waals surface area contributed by atoms with E-state index in [1.54, 1.807) is 0 Å². The molecule has 152 valence electrons. The van der Waals surface area contributed by atoms with Crippen molar-refractivity contribution in [2.75, 3.05) is 12.3 Å². The zero-order valence-corrected chi connectivity index (χ0v) is 16.3. The summed E-state index contributed by atoms with van der Waals surface area (Å²) in [6.45, 7) is -0.0952. The molecule has 2 aromatic rings. The normalized spacial score (nSPS) is 25.1. The fraction of sp³-hybridized carbons (Fsp3) is 0.417. The van der Waals surface area contributed by atoms with Crippen molar-refractivity contribution in [1.82, 2.24) is 0 Å². The molecule has 1 heterocycles. The number of aliphatic hydroxyl groups excluding tert-OH is 2. The molecule has 29 heavy (non-hydrogen) atoms. The maximum Gasteiger partial charge on any atom is 0.126 e. The second kappa shape index (κ2) is 8.17. The summed E-state index contributed by atoms with van der Waals surface area (Å²) < 4.78 is 5.93. The lowest BCUT2D eigenvalue weighted by molar-refractivity contribution is -0.113. The first-order valence-electron chi connectivity index (χ1n) is 10.1. The van der Waals surface area contributed by atoms with Crippen LogP contribution in [0.25, 0.3) is 0 Å². The summed E-state index contributed by atoms with van der Waals surface area (Å²) in [5.41, 5.74) is 10.1. The van der Waals surface area contributed by atoms with Gasteiger partial charge in [-0.25, -0.2) is 0 Å². The third kappa shape index (κ3) is 4.98. The third-order valence-electron chi connectivity index (χ3n) is 5.63. The quantitative estimate of drug-likeness (QED) is 0.472. The molecule has 1 aliphatic heterocycles. The monoisotopic (exact) mass is 393 g/mol. The fourth-order valence-electron chi connectivity index (χ4n) is 3.66. The van der Waals surface area contributed by atoms with E-state index in [4.69, 9.17) is 10.5 Å². The molecule has 2 aromatic carbocycles. The van der Waals surface area contributed by atoms with E-state index < -0.39 is 11.7 Å². The Kier molecular flexibility index (Phi) is 5.62. The van der Waals surface area contributed by atoms with Crippen molar-refractivity contribution in [3.8, 4) is 11.8 Å². The van der Waals surface area contributed by atoms with Gasteiger partial charge in [0.2, 0.25) is 0 Å². The molecule has 3 atom stereocenters. The molecule has 1 aliphatic carbocycles. The van der Waals surface area contributed by atoms with Gasteiger partial charge in [0.05, 0.1) is 24.9 Å². The molecule has 2 fully saturated rings. The van der Waals surface area contributed by atoms with E-state index in [1.807, 2.05) is 42.5 Å². The number of hydrogen-bond acceptors (Lipinski definition) is 5. The van der Waals surface area contributed by atoms with E-state index in [9.17, 15) is 15.3 Å². The average Bonchev–Trinajstić information content (AvgIpc) is 3.46. The Balaban J connectivity index is 1.48. The number of anilines is 1. The van der Waals surface area contributed by atoms with Crippen LogP contribution in [0.2, 0.25) is 0 Å². The zero-order chi connectivity index (χ0) is 20.4. The Morgan fingerprint density at radius 2 is 1.86 bits per heavy atom. The molecule has 0 aromatic heterocycles. The van der Waals surface area contributed by atoms with Crippen LogP contribution >= 0.6 is 0 Å². The van der Waals surface area contributed by atoms with Gasteiger partial charge in [-0.05, 0) is 54.2 Å². The summed E-state index contributed by atoms with van der Waals surface area (Å²) in [5.74, 6) is 5.95. The zero-order valence-electron chi connectivity index (χ0n) is 16.3. The minimum atomic E-state index is -0.767. The summed E-state index contributed by atoms with van der Waals surface area (Å²) in [6, 6.07) is 13.8. The minimum absolute atomic E-state index is 0.0952. The van der Waals surface area contributed by atoms with Crippen molar-refractivity contribution in [1.29, 1.82) is 0 Å². The van der Waals surface area contributed by atoms with E-state index in [0.717, 1.165) is 35.1 Å². The van der Waals surface area contributed by atoms with Crippen LogP contribution in [-0.4, -0.2) is 39.7 Å². The van der Waals surface area contributed by atoms with Gasteiger partial charge >= 0.3 is 0 Å². The van der Waals surface area contributed by atoms with Gasteiger partial charge in [0.1, 0.15) is 5.60 Å². The van der Waals surface area contributed by atoms with Crippen LogP contribution in [0.5, 0.6) is 0 Å². The summed E-state index contributed by atoms with van der Waals surface area (Å²) >= 11 is 0. The molecule has 2 aliphatic rings. The van der Waals surface area contributed by atoms with Gasteiger partial charge < -0.3 is 25.8 Å². The third-order valence-corrected chi connectivity index (χ3v) is 5.63. The molecule has 1 saturated carbocycles. The van der Waals surface area contributed by atoms with Crippen molar-refractivity contribution in [2.45, 2.75) is 56.0 Å². The summed E-state index contributed by atoms with van der Waals surface area (Å²) in [5, 5.41) is 29.3. The van der Waals surface area contributed by atoms with Crippen LogP contribution < -0.4 is 5.73 Å². The van der Waals surface area contributed by atoms with Gasteiger partial charge in [-0.2, -0.15) is 0 Å². The van der Waals surface area contributed by atoms with Crippen LogP contribution in [0.1, 0.15) is 54.0 Å². The number of nitrogens with two attached hydrogens (primary N) is 1. The molecular weight excluding hydrogens is 366 g/mol. The van der Waals surface area contributed by atoms with Crippen molar-refractivity contribution in [2.24, 2.45) is 0 Å². The first kappa shape index (κ1) is 19.9. The topological polar surface area (TPSA) is 95.9 Å². The highest BCUT2D eigenvalue weighted by Crippen LogP contribution is 2.34. The van der Waals surface area contributed by atoms with Gasteiger partial charge in [-0.3, -0.25) is 0 Å². The summed E-state index contributed by atoms with van der Waals surface area (Å²) in [6.07, 6.45) is 2.10. The van der Waals surface area contributed by atoms with Crippen LogP contribution in [0.15, 0.2) is 42.5 Å². The first-order chi connectivity index (χ1) is 13.9. The van der Waals surface area contributed by atoms with Gasteiger partial charge in [0.25, 0.3) is 0 Å². The van der Waals surface area contributed by atoms with Crippen LogP contribution in [0.3, 0.4) is 0 Å². The summed E-state index contributed by atoms with van der Waals surface area (Å²) in [4.78, 5) is 0. The molecule has 0 unspecified atom stereocenters. The van der Waals surface area contributed by atoms with Crippen LogP contribution in [-0.2, 0) is 11.2 Å². The van der Waals surface area contributed by atoms with Crippen molar-refractivity contribution < 1.29 is 20.1 Å². The highest BCUT2D eigenvalue weighted by molar-refractivity contribution is 5.51. The Labute approximate surface area is 171 Å². The van der Waals surface area contributed by atoms with Crippen molar-refractivity contribution in [3.63, 3.8) is 0 Å². The second-order valence-corrected chi connectivity index (χ2v) is 8.17. The molecule has 5 heteroatoms. The first-order valence-corrected chi connectivity index (χ1v) is 10.1. The number of hydrogen-bond donors (Lipinski definition) is 4. The Morgan fingerprint density at radius 3 is 2.55 bits per heavy atom. The molecule has 5 nitrogen and oxygen atoms in total. The Morgan fingerprint density at radius 1 is 1.10 bits per heavy atom. The Hall–Kier alpha value is -2.36. The lowest BCUT2D eigenvalue weighted by Crippen LogP contribution is -2.33. The predicted molar refractivity (Wildman–Crippen MR) is 111 cm³/mol. The van der Waals surface area contributed by atoms with Gasteiger partial charge in [-0.1, -0.05) is 36.1 Å². The van der Waals surface area contributed by atoms with Crippen LogP contribution in [0.4, 0.5) is 5.69 Å². The minimum Gasteiger partial charge on any atom is -0.398 e. The smallest absolute Gasteiger partial charge is 0.126 e. The molecule has 5 N–H and O–H groups in total. The molecule has 0 amide bonds. The van der Waals surface area contributed by atoms with Gasteiger partial charge in [0, 0.05) is 24.1 Å². The number of aliphatic hydroxyl groups is 3. The highest BCUT2D eigenvalue weighted by Gasteiger charge is 2.38. The van der Waals surface area contributed by atoms with Crippen LogP contribution in [0, 0.1) is 11.8 Å². The van der Waals surface area contributed by atoms with E-state index in [1.165, 1.54) is 0 Å². The van der Waals surface area contributed by atoms with E-state index in [2.05, 4.69) is 11.8 Å². The van der Waals surface area contributed by atoms with E-state index >= 15 is 0 Å². The van der Waals surface area contributed by atoms with E-state index in [-0.39, 0.29) is 18.8 Å². The largest absolute Gasteiger partial charge is 0.398 e. The van der Waals surface area contributed by atoms with Crippen molar-refractivity contribution in [3.05, 3.63) is 64.7 Å². The number of rotatable bonds is 4. The van der Waals surface area contributed by atoms with Gasteiger partial charge in [0.15, 0.2) is 0 Å². The molecule has 4 rings (SSSR count). The molecule has 0 bridgehead atoms. The van der Waals surface area contributed by atoms with Gasteiger partial charge in [-0.15, -0.1) is 0 Å². The van der Waals surface area contributed by atoms with Crippen molar-refractivity contribution >= 4 is 5.69 Å². The lowest BCUT2D eigenvalue weighted by Gasteiger charge is -2.32. The standard InChI is InChI=1S/C24H27NO4/c25-22-6-5-18(23-14-20(27)13-21(15-26)29-23)12-19(22)11-17-3-1-16(2-4-17)7-8-24(28)9-10-24/h1-6,12,20-21,23,26-28H,9-11,13-15,25H2/t20-,21-,23+/m0/s1. The second-order valence-electron chi connectivity index (χ2n) is 8.17. The maximum absolute atomic E-state index is 10.1. The predicted octanol–water partition coefficient (Wildman–Crippen LogP) is 2.31. The molecular formula is C24H27NO4. The highest BCUT2D eigenvalue weighted by atomic mass is 16.5. The number of nitrogen functional groups attached to an aromatic ring is 1. The molecule has 0 spiro atoms. The maximum atomic E-state index is 10.1. The number of benzene rings is 2. The van der Waals surface area contributed by atoms with E-state index in [0.29, 0.717) is 24.9 Å². The Bertz CT molecular complexity index is 924. The lowest BCUT2D eigenvalue weighted by atomic mass is 9.93. The average molecular weight is 393 g/mol. The number of ether oxygens (including phenoxy) is 1. The fourth-order valence-corrected chi connectivity index (χ4v) is 3.66.